The molecule has 0 aromatic rings. The van der Waals surface area contributed by atoms with Crippen LogP contribution in [0.1, 0.15) is 39.5 Å². The Bertz CT molecular complexity index is 141. The van der Waals surface area contributed by atoms with Crippen LogP contribution in [-0.2, 0) is 9.47 Å². The minimum atomic E-state index is -0.153. The third-order valence-electron chi connectivity index (χ3n) is 1.77. The lowest BCUT2D eigenvalue weighted by Gasteiger charge is -2.14. The molecule has 0 aliphatic heterocycles. The van der Waals surface area contributed by atoms with E-state index in [1.165, 1.54) is 0 Å². The first-order chi connectivity index (χ1) is 7.35. The van der Waals surface area contributed by atoms with Crippen molar-refractivity contribution in [1.29, 1.82) is 0 Å². The van der Waals surface area contributed by atoms with Crippen LogP contribution < -0.4 is 0 Å². The molecule has 2 nitrogen and oxygen atoms in total. The van der Waals surface area contributed by atoms with Crippen LogP contribution in [0.5, 0.6) is 0 Å². The molecular formula is C12H23BrO2. The lowest BCUT2D eigenvalue weighted by molar-refractivity contribution is -0.111. The lowest BCUT2D eigenvalue weighted by Crippen LogP contribution is -2.15. The van der Waals surface area contributed by atoms with Gasteiger partial charge in [0.05, 0.1) is 0 Å². The molecule has 0 bridgehead atoms. The Labute approximate surface area is 102 Å². The Hall–Kier alpha value is 0.140. The van der Waals surface area contributed by atoms with Gasteiger partial charge in [-0.25, -0.2) is 0 Å². The number of halogens is 1. The predicted molar refractivity (Wildman–Crippen MR) is 68.4 cm³/mol. The Morgan fingerprint density at radius 1 is 1.13 bits per heavy atom. The molecule has 0 unspecified atom stereocenters. The standard InChI is InChI=1S/C12H23BrO2/c1-3-10-14-12(15-11-4-2)8-6-5-7-9-13/h6,8,12H,3-5,7,9-11H2,1-2H3/b8-6+. The fourth-order valence-electron chi connectivity index (χ4n) is 1.03. The zero-order valence-corrected chi connectivity index (χ0v) is 11.5. The van der Waals surface area contributed by atoms with Crippen LogP contribution in [0.2, 0.25) is 0 Å². The number of hydrogen-bond acceptors (Lipinski definition) is 2. The van der Waals surface area contributed by atoms with Gasteiger partial charge in [-0.3, -0.25) is 0 Å². The molecule has 0 atom stereocenters. The zero-order valence-electron chi connectivity index (χ0n) is 9.88. The highest BCUT2D eigenvalue weighted by Crippen LogP contribution is 2.02. The fraction of sp³-hybridized carbons (Fsp3) is 0.833. The van der Waals surface area contributed by atoms with Crippen molar-refractivity contribution in [2.75, 3.05) is 18.5 Å². The molecule has 0 N–H and O–H groups in total. The molecule has 0 heterocycles. The maximum Gasteiger partial charge on any atom is 0.176 e. The van der Waals surface area contributed by atoms with E-state index in [2.05, 4.69) is 35.9 Å². The largest absolute Gasteiger partial charge is 0.349 e. The van der Waals surface area contributed by atoms with E-state index >= 15 is 0 Å². The molecule has 90 valence electrons. The average Bonchev–Trinajstić information content (AvgIpc) is 2.27. The average molecular weight is 279 g/mol. The molecule has 0 fully saturated rings. The molecule has 0 aromatic heterocycles. The van der Waals surface area contributed by atoms with Crippen molar-refractivity contribution in [2.45, 2.75) is 45.8 Å². The second-order valence-corrected chi connectivity index (χ2v) is 4.16. The summed E-state index contributed by atoms with van der Waals surface area (Å²) >= 11 is 3.40. The summed E-state index contributed by atoms with van der Waals surface area (Å²) in [6.45, 7) is 5.73. The van der Waals surface area contributed by atoms with E-state index < -0.39 is 0 Å². The van der Waals surface area contributed by atoms with Crippen molar-refractivity contribution in [3.8, 4) is 0 Å². The monoisotopic (exact) mass is 278 g/mol. The second-order valence-electron chi connectivity index (χ2n) is 3.37. The molecular weight excluding hydrogens is 256 g/mol. The van der Waals surface area contributed by atoms with Gasteiger partial charge in [0.25, 0.3) is 0 Å². The minimum absolute atomic E-state index is 0.153. The van der Waals surface area contributed by atoms with Gasteiger partial charge in [-0.1, -0.05) is 35.9 Å². The van der Waals surface area contributed by atoms with E-state index in [4.69, 9.17) is 9.47 Å². The topological polar surface area (TPSA) is 18.5 Å². The van der Waals surface area contributed by atoms with Crippen molar-refractivity contribution < 1.29 is 9.47 Å². The summed E-state index contributed by atoms with van der Waals surface area (Å²) in [5.41, 5.74) is 0. The van der Waals surface area contributed by atoms with E-state index in [1.807, 2.05) is 6.08 Å². The first-order valence-electron chi connectivity index (χ1n) is 5.81. The molecule has 15 heavy (non-hydrogen) atoms. The van der Waals surface area contributed by atoms with E-state index in [0.717, 1.165) is 44.2 Å². The second kappa shape index (κ2) is 12.2. The number of unbranched alkanes of at least 4 members (excludes halogenated alkanes) is 1. The first-order valence-corrected chi connectivity index (χ1v) is 6.93. The molecule has 0 rings (SSSR count). The number of hydrogen-bond donors (Lipinski definition) is 0. The van der Waals surface area contributed by atoms with Gasteiger partial charge >= 0.3 is 0 Å². The van der Waals surface area contributed by atoms with Gasteiger partial charge in [-0.2, -0.15) is 0 Å². The van der Waals surface area contributed by atoms with Crippen molar-refractivity contribution >= 4 is 15.9 Å². The highest BCUT2D eigenvalue weighted by Gasteiger charge is 2.02. The Morgan fingerprint density at radius 3 is 2.20 bits per heavy atom. The number of ether oxygens (including phenoxy) is 2. The van der Waals surface area contributed by atoms with Gasteiger partial charge in [0.1, 0.15) is 0 Å². The van der Waals surface area contributed by atoms with E-state index in [1.54, 1.807) is 0 Å². The fourth-order valence-corrected chi connectivity index (χ4v) is 1.35. The SMILES string of the molecule is CCCOC(/C=C/CCCBr)OCCC. The minimum Gasteiger partial charge on any atom is -0.349 e. The Kier molecular flexibility index (Phi) is 12.3. The summed E-state index contributed by atoms with van der Waals surface area (Å²) in [6, 6.07) is 0. The molecule has 0 spiro atoms. The molecule has 3 heteroatoms. The maximum atomic E-state index is 5.55. The van der Waals surface area contributed by atoms with Crippen LogP contribution in [0.25, 0.3) is 0 Å². The summed E-state index contributed by atoms with van der Waals surface area (Å²) in [7, 11) is 0. The van der Waals surface area contributed by atoms with Crippen LogP contribution in [0, 0.1) is 0 Å². The predicted octanol–water partition coefficient (Wildman–Crippen LogP) is 3.90. The molecule has 0 aromatic carbocycles. The highest BCUT2D eigenvalue weighted by atomic mass is 79.9. The Morgan fingerprint density at radius 2 is 1.73 bits per heavy atom. The molecule has 0 radical (unpaired) electrons. The van der Waals surface area contributed by atoms with Crippen LogP contribution in [-0.4, -0.2) is 24.8 Å². The number of allylic oxidation sites excluding steroid dienone is 1. The van der Waals surface area contributed by atoms with Crippen LogP contribution in [0.3, 0.4) is 0 Å². The summed E-state index contributed by atoms with van der Waals surface area (Å²) in [5, 5.41) is 1.05. The highest BCUT2D eigenvalue weighted by molar-refractivity contribution is 9.09. The van der Waals surface area contributed by atoms with Crippen LogP contribution >= 0.6 is 15.9 Å². The summed E-state index contributed by atoms with van der Waals surface area (Å²) in [5.74, 6) is 0. The van der Waals surface area contributed by atoms with Crippen molar-refractivity contribution in [2.24, 2.45) is 0 Å². The molecule has 0 aliphatic rings. The quantitative estimate of drug-likeness (QED) is 0.261. The van der Waals surface area contributed by atoms with Crippen LogP contribution in [0.15, 0.2) is 12.2 Å². The van der Waals surface area contributed by atoms with Gasteiger partial charge in [0.15, 0.2) is 6.29 Å². The third-order valence-corrected chi connectivity index (χ3v) is 2.33. The number of alkyl halides is 1. The van der Waals surface area contributed by atoms with Gasteiger partial charge in [-0.15, -0.1) is 0 Å². The number of rotatable bonds is 10. The van der Waals surface area contributed by atoms with Crippen molar-refractivity contribution in [3.05, 3.63) is 12.2 Å². The van der Waals surface area contributed by atoms with Crippen molar-refractivity contribution in [3.63, 3.8) is 0 Å². The van der Waals surface area contributed by atoms with Gasteiger partial charge < -0.3 is 9.47 Å². The van der Waals surface area contributed by atoms with E-state index in [-0.39, 0.29) is 6.29 Å². The summed E-state index contributed by atoms with van der Waals surface area (Å²) < 4.78 is 11.1. The lowest BCUT2D eigenvalue weighted by atomic mass is 10.3. The van der Waals surface area contributed by atoms with Crippen LogP contribution in [0.4, 0.5) is 0 Å². The zero-order chi connectivity index (χ0) is 11.4. The molecule has 0 aliphatic carbocycles. The molecule has 0 saturated carbocycles. The summed E-state index contributed by atoms with van der Waals surface area (Å²) in [4.78, 5) is 0. The summed E-state index contributed by atoms with van der Waals surface area (Å²) in [6.07, 6.45) is 8.30. The molecule has 0 amide bonds. The van der Waals surface area contributed by atoms with E-state index in [0.29, 0.717) is 0 Å². The molecule has 0 saturated heterocycles. The Balaban J connectivity index is 3.71. The normalized spacial score (nSPS) is 11.7. The van der Waals surface area contributed by atoms with E-state index in [9.17, 15) is 0 Å². The van der Waals surface area contributed by atoms with Gasteiger partial charge in [0.2, 0.25) is 0 Å². The van der Waals surface area contributed by atoms with Gasteiger partial charge in [-0.05, 0) is 31.8 Å². The first kappa shape index (κ1) is 15.1. The van der Waals surface area contributed by atoms with Gasteiger partial charge in [0, 0.05) is 18.5 Å². The maximum absolute atomic E-state index is 5.55. The third kappa shape index (κ3) is 10.4. The van der Waals surface area contributed by atoms with Crippen molar-refractivity contribution in [1.82, 2.24) is 0 Å². The smallest absolute Gasteiger partial charge is 0.176 e.